The Bertz CT molecular complexity index is 1550. The standard InChI is InChI=1S/C28H30N6O/c1-18-23(20(3)34-28(29-18)24-13-9-10-14-26(24)31-34)15-16-27(35)32(5)17-25-19(2)30-33(21(25)4)22-11-7-6-8-12-22/h6-14H,15-17H2,1-5H3. The maximum atomic E-state index is 13.1. The van der Waals surface area contributed by atoms with Crippen molar-refractivity contribution in [3.8, 4) is 5.69 Å². The van der Waals surface area contributed by atoms with Crippen molar-refractivity contribution in [2.24, 2.45) is 0 Å². The zero-order valence-corrected chi connectivity index (χ0v) is 20.9. The second kappa shape index (κ2) is 8.98. The minimum absolute atomic E-state index is 0.0979. The molecular formula is C28H30N6O. The highest BCUT2D eigenvalue weighted by atomic mass is 16.2. The first-order valence-corrected chi connectivity index (χ1v) is 11.9. The average Bonchev–Trinajstić information content (AvgIpc) is 3.37. The Morgan fingerprint density at radius 1 is 0.857 bits per heavy atom. The Labute approximate surface area is 205 Å². The van der Waals surface area contributed by atoms with Gasteiger partial charge in [-0.2, -0.15) is 10.2 Å². The summed E-state index contributed by atoms with van der Waals surface area (Å²) in [6.07, 6.45) is 1.04. The Morgan fingerprint density at radius 3 is 2.34 bits per heavy atom. The maximum Gasteiger partial charge on any atom is 0.222 e. The molecule has 0 aliphatic rings. The van der Waals surface area contributed by atoms with Gasteiger partial charge < -0.3 is 4.90 Å². The van der Waals surface area contributed by atoms with Gasteiger partial charge in [0, 0.05) is 48.0 Å². The van der Waals surface area contributed by atoms with Gasteiger partial charge in [-0.05, 0) is 63.9 Å². The molecule has 2 aromatic carbocycles. The van der Waals surface area contributed by atoms with Gasteiger partial charge in [0.15, 0.2) is 5.65 Å². The van der Waals surface area contributed by atoms with Crippen molar-refractivity contribution >= 4 is 22.5 Å². The molecule has 0 radical (unpaired) electrons. The summed E-state index contributed by atoms with van der Waals surface area (Å²) in [7, 11) is 1.86. The van der Waals surface area contributed by atoms with Crippen molar-refractivity contribution in [1.29, 1.82) is 0 Å². The average molecular weight is 467 g/mol. The summed E-state index contributed by atoms with van der Waals surface area (Å²) in [4.78, 5) is 19.7. The van der Waals surface area contributed by atoms with Crippen molar-refractivity contribution in [2.75, 3.05) is 7.05 Å². The Balaban J connectivity index is 1.33. The number of rotatable bonds is 6. The van der Waals surface area contributed by atoms with Gasteiger partial charge in [-0.15, -0.1) is 0 Å². The topological polar surface area (TPSA) is 68.3 Å². The second-order valence-electron chi connectivity index (χ2n) is 9.16. The Morgan fingerprint density at radius 2 is 1.57 bits per heavy atom. The number of carbonyl (C=O) groups is 1. The van der Waals surface area contributed by atoms with E-state index in [-0.39, 0.29) is 5.91 Å². The number of fused-ring (bicyclic) bond motifs is 3. The van der Waals surface area contributed by atoms with E-state index in [4.69, 9.17) is 15.2 Å². The number of para-hydroxylation sites is 1. The van der Waals surface area contributed by atoms with Crippen LogP contribution < -0.4 is 0 Å². The van der Waals surface area contributed by atoms with E-state index in [1.54, 1.807) is 4.90 Å². The summed E-state index contributed by atoms with van der Waals surface area (Å²) in [6.45, 7) is 8.66. The zero-order chi connectivity index (χ0) is 24.7. The van der Waals surface area contributed by atoms with E-state index in [9.17, 15) is 4.79 Å². The van der Waals surface area contributed by atoms with Crippen LogP contribution >= 0.6 is 0 Å². The molecule has 5 rings (SSSR count). The first-order chi connectivity index (χ1) is 16.8. The fourth-order valence-corrected chi connectivity index (χ4v) is 4.81. The number of nitrogens with zero attached hydrogens (tertiary/aromatic N) is 6. The molecule has 35 heavy (non-hydrogen) atoms. The van der Waals surface area contributed by atoms with Gasteiger partial charge in [0.05, 0.1) is 16.9 Å². The van der Waals surface area contributed by atoms with Crippen molar-refractivity contribution in [1.82, 2.24) is 29.3 Å². The van der Waals surface area contributed by atoms with E-state index in [0.29, 0.717) is 19.4 Å². The van der Waals surface area contributed by atoms with Crippen LogP contribution in [0.1, 0.15) is 40.3 Å². The van der Waals surface area contributed by atoms with E-state index in [0.717, 1.165) is 56.1 Å². The molecule has 0 saturated carbocycles. The molecule has 3 heterocycles. The first kappa shape index (κ1) is 22.8. The maximum absolute atomic E-state index is 13.1. The fourth-order valence-electron chi connectivity index (χ4n) is 4.81. The van der Waals surface area contributed by atoms with E-state index in [2.05, 4.69) is 13.8 Å². The summed E-state index contributed by atoms with van der Waals surface area (Å²) < 4.78 is 3.86. The van der Waals surface area contributed by atoms with Crippen LogP contribution in [0.5, 0.6) is 0 Å². The van der Waals surface area contributed by atoms with Crippen LogP contribution in [-0.2, 0) is 17.8 Å². The van der Waals surface area contributed by atoms with Crippen LogP contribution in [0.2, 0.25) is 0 Å². The molecule has 0 bridgehead atoms. The Hall–Kier alpha value is -4.00. The van der Waals surface area contributed by atoms with E-state index >= 15 is 0 Å². The molecule has 7 heteroatoms. The van der Waals surface area contributed by atoms with Gasteiger partial charge in [0.25, 0.3) is 0 Å². The Kier molecular flexibility index (Phi) is 5.84. The largest absolute Gasteiger partial charge is 0.341 e. The number of carbonyl (C=O) groups excluding carboxylic acids is 1. The highest BCUT2D eigenvalue weighted by molar-refractivity contribution is 5.92. The third-order valence-corrected chi connectivity index (χ3v) is 6.87. The molecule has 1 amide bonds. The number of aromatic nitrogens is 5. The van der Waals surface area contributed by atoms with Crippen LogP contribution in [-0.4, -0.2) is 42.2 Å². The molecule has 7 nitrogen and oxygen atoms in total. The van der Waals surface area contributed by atoms with Crippen molar-refractivity contribution in [2.45, 2.75) is 47.1 Å². The van der Waals surface area contributed by atoms with Gasteiger partial charge in [0.1, 0.15) is 0 Å². The number of aryl methyl sites for hydroxylation is 3. The van der Waals surface area contributed by atoms with Gasteiger partial charge >= 0.3 is 0 Å². The SMILES string of the molecule is Cc1nn(-c2ccccc2)c(C)c1CN(C)C(=O)CCc1c(C)nc2c3ccccc3nn2c1C. The zero-order valence-electron chi connectivity index (χ0n) is 20.9. The molecule has 0 unspecified atom stereocenters. The fraction of sp³-hybridized carbons (Fsp3) is 0.286. The van der Waals surface area contributed by atoms with E-state index in [1.807, 2.05) is 84.7 Å². The van der Waals surface area contributed by atoms with Crippen LogP contribution in [0.3, 0.4) is 0 Å². The minimum atomic E-state index is 0.0979. The number of amides is 1. The first-order valence-electron chi connectivity index (χ1n) is 11.9. The molecule has 0 N–H and O–H groups in total. The summed E-state index contributed by atoms with van der Waals surface area (Å²) in [6, 6.07) is 18.1. The van der Waals surface area contributed by atoms with Crippen molar-refractivity contribution in [3.63, 3.8) is 0 Å². The molecule has 0 atom stereocenters. The van der Waals surface area contributed by atoms with Crippen LogP contribution in [0.15, 0.2) is 54.6 Å². The van der Waals surface area contributed by atoms with Gasteiger partial charge in [-0.25, -0.2) is 14.2 Å². The smallest absolute Gasteiger partial charge is 0.222 e. The number of hydrogen-bond donors (Lipinski definition) is 0. The normalized spacial score (nSPS) is 11.5. The monoisotopic (exact) mass is 466 g/mol. The lowest BCUT2D eigenvalue weighted by Crippen LogP contribution is -2.27. The molecular weight excluding hydrogens is 436 g/mol. The van der Waals surface area contributed by atoms with Gasteiger partial charge in [0.2, 0.25) is 5.91 Å². The van der Waals surface area contributed by atoms with Crippen LogP contribution in [0, 0.1) is 27.7 Å². The molecule has 5 aromatic rings. The third kappa shape index (κ3) is 4.07. The number of hydrogen-bond acceptors (Lipinski definition) is 4. The highest BCUT2D eigenvalue weighted by Crippen LogP contribution is 2.24. The quantitative estimate of drug-likeness (QED) is 0.357. The predicted octanol–water partition coefficient (Wildman–Crippen LogP) is 4.89. The predicted molar refractivity (Wildman–Crippen MR) is 138 cm³/mol. The highest BCUT2D eigenvalue weighted by Gasteiger charge is 2.19. The molecule has 3 aromatic heterocycles. The lowest BCUT2D eigenvalue weighted by Gasteiger charge is -2.18. The summed E-state index contributed by atoms with van der Waals surface area (Å²) in [5, 5.41) is 10.5. The molecule has 0 aliphatic carbocycles. The van der Waals surface area contributed by atoms with Crippen LogP contribution in [0.25, 0.3) is 22.2 Å². The van der Waals surface area contributed by atoms with Crippen LogP contribution in [0.4, 0.5) is 0 Å². The third-order valence-electron chi connectivity index (χ3n) is 6.87. The van der Waals surface area contributed by atoms with Crippen molar-refractivity contribution in [3.05, 3.63) is 88.5 Å². The number of benzene rings is 2. The molecule has 0 aliphatic heterocycles. The summed E-state index contributed by atoms with van der Waals surface area (Å²) >= 11 is 0. The molecule has 178 valence electrons. The second-order valence-corrected chi connectivity index (χ2v) is 9.16. The van der Waals surface area contributed by atoms with E-state index < -0.39 is 0 Å². The lowest BCUT2D eigenvalue weighted by molar-refractivity contribution is -0.130. The van der Waals surface area contributed by atoms with E-state index in [1.165, 1.54) is 0 Å². The van der Waals surface area contributed by atoms with Crippen molar-refractivity contribution < 1.29 is 4.79 Å². The lowest BCUT2D eigenvalue weighted by atomic mass is 10.1. The summed E-state index contributed by atoms with van der Waals surface area (Å²) in [5.41, 5.74) is 8.97. The van der Waals surface area contributed by atoms with Gasteiger partial charge in [-0.3, -0.25) is 4.79 Å². The minimum Gasteiger partial charge on any atom is -0.341 e. The molecule has 0 spiro atoms. The molecule has 0 saturated heterocycles. The van der Waals surface area contributed by atoms with Gasteiger partial charge in [-0.1, -0.05) is 30.3 Å². The molecule has 0 fully saturated rings. The summed E-state index contributed by atoms with van der Waals surface area (Å²) in [5.74, 6) is 0.0979.